The average molecular weight is 278 g/mol. The van der Waals surface area contributed by atoms with Crippen LogP contribution in [0.3, 0.4) is 0 Å². The van der Waals surface area contributed by atoms with E-state index in [9.17, 15) is 0 Å². The Hall–Kier alpha value is -1.51. The van der Waals surface area contributed by atoms with E-state index in [-0.39, 0.29) is 0 Å². The van der Waals surface area contributed by atoms with Gasteiger partial charge in [-0.2, -0.15) is 0 Å². The molecule has 0 saturated heterocycles. The number of methoxy groups -OCH3 is 1. The lowest BCUT2D eigenvalue weighted by atomic mass is 10.1. The Bertz CT molecular complexity index is 755. The zero-order valence-electron chi connectivity index (χ0n) is 9.58. The van der Waals surface area contributed by atoms with Crippen molar-refractivity contribution in [2.45, 2.75) is 0 Å². The highest BCUT2D eigenvalue weighted by Crippen LogP contribution is 2.35. The lowest BCUT2D eigenvalue weighted by molar-refractivity contribution is 0.415. The van der Waals surface area contributed by atoms with Gasteiger partial charge in [-0.3, -0.25) is 0 Å². The molecular formula is C14H9Cl2NO. The molecule has 0 N–H and O–H groups in total. The summed E-state index contributed by atoms with van der Waals surface area (Å²) in [4.78, 5) is 4.55. The maximum atomic E-state index is 6.43. The lowest BCUT2D eigenvalue weighted by Gasteiger charge is -2.08. The highest BCUT2D eigenvalue weighted by molar-refractivity contribution is 6.45. The smallest absolute Gasteiger partial charge is 0.119 e. The van der Waals surface area contributed by atoms with Crippen LogP contribution in [0.1, 0.15) is 0 Å². The molecule has 4 heteroatoms. The van der Waals surface area contributed by atoms with Crippen LogP contribution in [0.2, 0.25) is 10.0 Å². The van der Waals surface area contributed by atoms with Crippen molar-refractivity contribution in [3.05, 3.63) is 46.4 Å². The summed E-state index contributed by atoms with van der Waals surface area (Å²) in [6.45, 7) is 0. The van der Waals surface area contributed by atoms with Crippen molar-refractivity contribution in [2.75, 3.05) is 7.11 Å². The van der Waals surface area contributed by atoms with Crippen molar-refractivity contribution in [1.29, 1.82) is 0 Å². The zero-order valence-corrected chi connectivity index (χ0v) is 11.1. The quantitative estimate of drug-likeness (QED) is 0.602. The fraction of sp³-hybridized carbons (Fsp3) is 0.0714. The van der Waals surface area contributed by atoms with Crippen LogP contribution < -0.4 is 4.74 Å². The minimum atomic E-state index is 0.606. The Balaban J connectivity index is 2.49. The topological polar surface area (TPSA) is 22.1 Å². The van der Waals surface area contributed by atoms with Crippen LogP contribution in [-0.4, -0.2) is 12.1 Å². The highest BCUT2D eigenvalue weighted by atomic mass is 35.5. The van der Waals surface area contributed by atoms with Crippen LogP contribution in [0.25, 0.3) is 21.8 Å². The second-order valence-electron chi connectivity index (χ2n) is 3.94. The van der Waals surface area contributed by atoms with Crippen LogP contribution in [0.4, 0.5) is 0 Å². The van der Waals surface area contributed by atoms with E-state index in [1.54, 1.807) is 7.11 Å². The number of hydrogen-bond donors (Lipinski definition) is 0. The Kier molecular flexibility index (Phi) is 2.77. The average Bonchev–Trinajstić information content (AvgIpc) is 2.38. The first-order valence-corrected chi connectivity index (χ1v) is 6.18. The predicted octanol–water partition coefficient (Wildman–Crippen LogP) is 4.70. The fourth-order valence-corrected chi connectivity index (χ4v) is 2.67. The molecule has 0 aliphatic rings. The molecule has 3 aromatic rings. The summed E-state index contributed by atoms with van der Waals surface area (Å²) < 4.78 is 5.20. The molecule has 0 aliphatic heterocycles. The number of nitrogens with zero attached hydrogens (tertiary/aromatic N) is 1. The SMILES string of the molecule is COc1ccc2nc3cccc(Cl)c3c(Cl)c2c1. The van der Waals surface area contributed by atoms with Crippen LogP contribution in [0.15, 0.2) is 36.4 Å². The van der Waals surface area contributed by atoms with Crippen molar-refractivity contribution in [3.8, 4) is 5.75 Å². The third-order valence-electron chi connectivity index (χ3n) is 2.89. The minimum absolute atomic E-state index is 0.606. The van der Waals surface area contributed by atoms with Crippen LogP contribution >= 0.6 is 23.2 Å². The van der Waals surface area contributed by atoms with Gasteiger partial charge in [-0.05, 0) is 30.3 Å². The monoisotopic (exact) mass is 277 g/mol. The van der Waals surface area contributed by atoms with E-state index >= 15 is 0 Å². The molecular weight excluding hydrogens is 269 g/mol. The lowest BCUT2D eigenvalue weighted by Crippen LogP contribution is -1.88. The number of benzene rings is 2. The molecule has 1 heterocycles. The van der Waals surface area contributed by atoms with Crippen LogP contribution in [-0.2, 0) is 0 Å². The number of fused-ring (bicyclic) bond motifs is 2. The number of pyridine rings is 1. The van der Waals surface area contributed by atoms with Crippen LogP contribution in [0.5, 0.6) is 5.75 Å². The summed E-state index contributed by atoms with van der Waals surface area (Å²) in [7, 11) is 1.62. The Morgan fingerprint density at radius 2 is 1.89 bits per heavy atom. The van der Waals surface area contributed by atoms with Gasteiger partial charge in [0.25, 0.3) is 0 Å². The molecule has 1 aromatic heterocycles. The first kappa shape index (κ1) is 11.6. The molecule has 0 amide bonds. The summed E-state index contributed by atoms with van der Waals surface area (Å²) in [5, 5.41) is 2.84. The Morgan fingerprint density at radius 3 is 2.67 bits per heavy atom. The van der Waals surface area contributed by atoms with Gasteiger partial charge in [0.05, 0.1) is 28.2 Å². The molecule has 0 aliphatic carbocycles. The van der Waals surface area contributed by atoms with Gasteiger partial charge < -0.3 is 4.74 Å². The number of halogens is 2. The number of rotatable bonds is 1. The summed E-state index contributed by atoms with van der Waals surface area (Å²) in [5.74, 6) is 0.748. The Morgan fingerprint density at radius 1 is 1.06 bits per heavy atom. The van der Waals surface area contributed by atoms with E-state index in [1.165, 1.54) is 0 Å². The van der Waals surface area contributed by atoms with E-state index in [4.69, 9.17) is 27.9 Å². The zero-order chi connectivity index (χ0) is 12.7. The van der Waals surface area contributed by atoms with Crippen molar-refractivity contribution in [1.82, 2.24) is 4.98 Å². The van der Waals surface area contributed by atoms with E-state index in [0.29, 0.717) is 10.0 Å². The van der Waals surface area contributed by atoms with E-state index in [0.717, 1.165) is 27.6 Å². The summed E-state index contributed by atoms with van der Waals surface area (Å²) in [5.41, 5.74) is 1.63. The van der Waals surface area contributed by atoms with Gasteiger partial charge in [0.2, 0.25) is 0 Å². The molecule has 90 valence electrons. The van der Waals surface area contributed by atoms with Gasteiger partial charge in [-0.1, -0.05) is 29.3 Å². The van der Waals surface area contributed by atoms with Crippen molar-refractivity contribution in [3.63, 3.8) is 0 Å². The third-order valence-corrected chi connectivity index (χ3v) is 3.60. The fourth-order valence-electron chi connectivity index (χ4n) is 2.00. The largest absolute Gasteiger partial charge is 0.497 e. The van der Waals surface area contributed by atoms with E-state index in [1.807, 2.05) is 36.4 Å². The first-order valence-electron chi connectivity index (χ1n) is 5.42. The number of ether oxygens (including phenoxy) is 1. The summed E-state index contributed by atoms with van der Waals surface area (Å²) in [6, 6.07) is 11.2. The molecule has 0 bridgehead atoms. The Labute approximate surface area is 114 Å². The molecule has 0 unspecified atom stereocenters. The van der Waals surface area contributed by atoms with Crippen molar-refractivity contribution in [2.24, 2.45) is 0 Å². The van der Waals surface area contributed by atoms with Gasteiger partial charge >= 0.3 is 0 Å². The summed E-state index contributed by atoms with van der Waals surface area (Å²) >= 11 is 12.6. The third kappa shape index (κ3) is 1.69. The van der Waals surface area contributed by atoms with Gasteiger partial charge in [-0.25, -0.2) is 4.98 Å². The van der Waals surface area contributed by atoms with Crippen molar-refractivity contribution >= 4 is 45.0 Å². The minimum Gasteiger partial charge on any atom is -0.497 e. The molecule has 0 atom stereocenters. The number of hydrogen-bond acceptors (Lipinski definition) is 2. The maximum Gasteiger partial charge on any atom is 0.119 e. The van der Waals surface area contributed by atoms with E-state index in [2.05, 4.69) is 4.98 Å². The van der Waals surface area contributed by atoms with Gasteiger partial charge in [0.15, 0.2) is 0 Å². The summed E-state index contributed by atoms with van der Waals surface area (Å²) in [6.07, 6.45) is 0. The second-order valence-corrected chi connectivity index (χ2v) is 4.73. The molecule has 2 aromatic carbocycles. The standard InChI is InChI=1S/C14H9Cl2NO/c1-18-8-5-6-11-9(7-8)14(16)13-10(15)3-2-4-12(13)17-11/h2-7H,1H3. The molecule has 3 rings (SSSR count). The first-order chi connectivity index (χ1) is 8.70. The predicted molar refractivity (Wildman–Crippen MR) is 75.8 cm³/mol. The van der Waals surface area contributed by atoms with Gasteiger partial charge in [0, 0.05) is 10.8 Å². The number of aromatic nitrogens is 1. The van der Waals surface area contributed by atoms with E-state index < -0.39 is 0 Å². The van der Waals surface area contributed by atoms with Gasteiger partial charge in [0.1, 0.15) is 5.75 Å². The van der Waals surface area contributed by atoms with Crippen LogP contribution in [0, 0.1) is 0 Å². The van der Waals surface area contributed by atoms with Gasteiger partial charge in [-0.15, -0.1) is 0 Å². The molecule has 18 heavy (non-hydrogen) atoms. The molecule has 0 radical (unpaired) electrons. The van der Waals surface area contributed by atoms with Crippen molar-refractivity contribution < 1.29 is 4.74 Å². The second kappa shape index (κ2) is 4.30. The normalized spacial score (nSPS) is 11.1. The molecule has 0 spiro atoms. The molecule has 0 fully saturated rings. The molecule has 2 nitrogen and oxygen atoms in total. The molecule has 0 saturated carbocycles. The highest BCUT2D eigenvalue weighted by Gasteiger charge is 2.10. The maximum absolute atomic E-state index is 6.43.